The summed E-state index contributed by atoms with van der Waals surface area (Å²) in [7, 11) is 0. The van der Waals surface area contributed by atoms with Crippen molar-refractivity contribution in [1.82, 2.24) is 9.47 Å². The van der Waals surface area contributed by atoms with Crippen molar-refractivity contribution in [1.29, 1.82) is 0 Å². The molecule has 1 aliphatic rings. The lowest BCUT2D eigenvalue weighted by Crippen LogP contribution is -2.35. The molecule has 1 aromatic heterocycles. The second-order valence-electron chi connectivity index (χ2n) is 9.54. The summed E-state index contributed by atoms with van der Waals surface area (Å²) in [6.07, 6.45) is 2.87. The fraction of sp³-hybridized carbons (Fsp3) is 0.345. The molecule has 0 aliphatic carbocycles. The molecule has 1 amide bonds. The second kappa shape index (κ2) is 9.40. The quantitative estimate of drug-likeness (QED) is 0.368. The lowest BCUT2D eigenvalue weighted by atomic mass is 9.89. The number of anilines is 1. The van der Waals surface area contributed by atoms with Crippen LogP contribution in [0.15, 0.2) is 72.8 Å². The van der Waals surface area contributed by atoms with Gasteiger partial charge in [0.15, 0.2) is 0 Å². The molecule has 33 heavy (non-hydrogen) atoms. The maximum Gasteiger partial charge on any atom is 0.225 e. The molecule has 4 aromatic rings. The van der Waals surface area contributed by atoms with Crippen molar-refractivity contribution in [2.24, 2.45) is 0 Å². The highest BCUT2D eigenvalue weighted by Crippen LogP contribution is 2.33. The lowest BCUT2D eigenvalue weighted by Gasteiger charge is -2.32. The Morgan fingerprint density at radius 1 is 0.909 bits per heavy atom. The number of nitrogens with one attached hydrogen (secondary N) is 1. The van der Waals surface area contributed by atoms with Gasteiger partial charge in [-0.2, -0.15) is 0 Å². The number of amides is 1. The molecular weight excluding hydrogens is 406 g/mol. The summed E-state index contributed by atoms with van der Waals surface area (Å²) in [5, 5.41) is 5.57. The number of para-hydroxylation sites is 1. The van der Waals surface area contributed by atoms with E-state index in [9.17, 15) is 4.79 Å². The van der Waals surface area contributed by atoms with Gasteiger partial charge in [-0.3, -0.25) is 4.79 Å². The average Bonchev–Trinajstić information content (AvgIpc) is 3.18. The van der Waals surface area contributed by atoms with Crippen LogP contribution in [0.3, 0.4) is 0 Å². The molecule has 1 fully saturated rings. The molecule has 170 valence electrons. The van der Waals surface area contributed by atoms with Crippen LogP contribution >= 0.6 is 0 Å². The van der Waals surface area contributed by atoms with Gasteiger partial charge in [-0.15, -0.1) is 0 Å². The molecular formula is C29H33N3O. The van der Waals surface area contributed by atoms with Crippen LogP contribution in [-0.4, -0.2) is 35.0 Å². The molecule has 0 atom stereocenters. The molecule has 0 unspecified atom stereocenters. The molecule has 1 N–H and O–H groups in total. The zero-order valence-electron chi connectivity index (χ0n) is 19.6. The third kappa shape index (κ3) is 4.53. The normalized spacial score (nSPS) is 15.5. The summed E-state index contributed by atoms with van der Waals surface area (Å²) >= 11 is 0. The molecule has 0 radical (unpaired) electrons. The van der Waals surface area contributed by atoms with E-state index in [1.165, 1.54) is 40.2 Å². The fourth-order valence-electron chi connectivity index (χ4n) is 5.34. The number of hydrogen-bond acceptors (Lipinski definition) is 2. The van der Waals surface area contributed by atoms with Gasteiger partial charge in [-0.05, 0) is 75.5 Å². The Labute approximate surface area is 196 Å². The van der Waals surface area contributed by atoms with Gasteiger partial charge in [-0.25, -0.2) is 0 Å². The minimum atomic E-state index is 0.0899. The van der Waals surface area contributed by atoms with E-state index in [0.717, 1.165) is 25.3 Å². The summed E-state index contributed by atoms with van der Waals surface area (Å²) in [4.78, 5) is 15.1. The first kappa shape index (κ1) is 21.7. The first-order chi connectivity index (χ1) is 16.1. The van der Waals surface area contributed by atoms with Crippen molar-refractivity contribution in [3.8, 4) is 0 Å². The van der Waals surface area contributed by atoms with Crippen LogP contribution in [0.4, 0.5) is 5.69 Å². The fourth-order valence-corrected chi connectivity index (χ4v) is 5.34. The maximum absolute atomic E-state index is 12.7. The van der Waals surface area contributed by atoms with Crippen molar-refractivity contribution in [2.75, 3.05) is 25.0 Å². The number of nitrogens with zero attached hydrogens (tertiary/aromatic N) is 2. The average molecular weight is 440 g/mol. The number of piperidine rings is 1. The highest BCUT2D eigenvalue weighted by Gasteiger charge is 2.21. The summed E-state index contributed by atoms with van der Waals surface area (Å²) in [6, 6.07) is 26.0. The number of carbonyl (C=O) groups excluding carboxylic acids is 1. The minimum Gasteiger partial charge on any atom is -0.338 e. The Kier molecular flexibility index (Phi) is 6.19. The second-order valence-corrected chi connectivity index (χ2v) is 9.54. The summed E-state index contributed by atoms with van der Waals surface area (Å²) < 4.78 is 2.37. The number of rotatable bonds is 6. The summed E-state index contributed by atoms with van der Waals surface area (Å²) in [5.74, 6) is 0.739. The molecule has 4 nitrogen and oxygen atoms in total. The largest absolute Gasteiger partial charge is 0.338 e. The van der Waals surface area contributed by atoms with Crippen LogP contribution in [0.2, 0.25) is 0 Å². The predicted octanol–water partition coefficient (Wildman–Crippen LogP) is 6.58. The Balaban J connectivity index is 1.21. The topological polar surface area (TPSA) is 37.3 Å². The van der Waals surface area contributed by atoms with E-state index in [1.54, 1.807) is 0 Å². The first-order valence-corrected chi connectivity index (χ1v) is 12.2. The summed E-state index contributed by atoms with van der Waals surface area (Å²) in [5.41, 5.74) is 4.78. The molecule has 1 aliphatic heterocycles. The number of hydrogen-bond donors (Lipinski definition) is 1. The highest BCUT2D eigenvalue weighted by molar-refractivity contribution is 6.09. The van der Waals surface area contributed by atoms with Crippen LogP contribution in [0.1, 0.15) is 50.6 Å². The van der Waals surface area contributed by atoms with E-state index in [2.05, 4.69) is 95.4 Å². The predicted molar refractivity (Wildman–Crippen MR) is 138 cm³/mol. The number of likely N-dealkylation sites (tertiary alicyclic amines) is 1. The zero-order valence-corrected chi connectivity index (χ0v) is 19.6. The van der Waals surface area contributed by atoms with Gasteiger partial charge in [0.25, 0.3) is 0 Å². The van der Waals surface area contributed by atoms with E-state index >= 15 is 0 Å². The molecule has 2 heterocycles. The van der Waals surface area contributed by atoms with E-state index in [4.69, 9.17) is 0 Å². The van der Waals surface area contributed by atoms with Gasteiger partial charge >= 0.3 is 0 Å². The minimum absolute atomic E-state index is 0.0899. The van der Waals surface area contributed by atoms with E-state index < -0.39 is 0 Å². The molecule has 1 saturated heterocycles. The lowest BCUT2D eigenvalue weighted by molar-refractivity contribution is -0.116. The van der Waals surface area contributed by atoms with Crippen molar-refractivity contribution >= 4 is 33.4 Å². The van der Waals surface area contributed by atoms with Crippen molar-refractivity contribution in [3.05, 3.63) is 78.4 Å². The van der Waals surface area contributed by atoms with Crippen molar-refractivity contribution in [3.63, 3.8) is 0 Å². The van der Waals surface area contributed by atoms with Crippen LogP contribution in [0.25, 0.3) is 21.8 Å². The molecule has 0 bridgehead atoms. The summed E-state index contributed by atoms with van der Waals surface area (Å²) in [6.45, 7) is 7.37. The third-order valence-corrected chi connectivity index (χ3v) is 7.02. The van der Waals surface area contributed by atoms with Crippen LogP contribution < -0.4 is 5.32 Å². The van der Waals surface area contributed by atoms with E-state index in [0.29, 0.717) is 18.4 Å². The molecule has 4 heteroatoms. The van der Waals surface area contributed by atoms with Gasteiger partial charge in [0, 0.05) is 46.5 Å². The number of benzene rings is 3. The van der Waals surface area contributed by atoms with E-state index in [-0.39, 0.29) is 5.91 Å². The molecule has 0 spiro atoms. The molecule has 0 saturated carbocycles. The molecule has 5 rings (SSSR count). The smallest absolute Gasteiger partial charge is 0.225 e. The first-order valence-electron chi connectivity index (χ1n) is 12.2. The van der Waals surface area contributed by atoms with Crippen LogP contribution in [-0.2, 0) is 4.79 Å². The number of aromatic nitrogens is 1. The Morgan fingerprint density at radius 2 is 1.61 bits per heavy atom. The third-order valence-electron chi connectivity index (χ3n) is 7.02. The number of carbonyl (C=O) groups is 1. The maximum atomic E-state index is 12.7. The molecule has 3 aromatic carbocycles. The zero-order chi connectivity index (χ0) is 22.8. The Bertz CT molecular complexity index is 1250. The van der Waals surface area contributed by atoms with E-state index in [1.807, 2.05) is 6.07 Å². The number of fused-ring (bicyclic) bond motifs is 3. The van der Waals surface area contributed by atoms with Gasteiger partial charge < -0.3 is 14.8 Å². The Hall–Kier alpha value is -3.11. The van der Waals surface area contributed by atoms with Crippen molar-refractivity contribution < 1.29 is 4.79 Å². The van der Waals surface area contributed by atoms with Crippen LogP contribution in [0, 0.1) is 0 Å². The van der Waals surface area contributed by atoms with Crippen molar-refractivity contribution in [2.45, 2.75) is 45.1 Å². The van der Waals surface area contributed by atoms with Gasteiger partial charge in [-0.1, -0.05) is 48.5 Å². The Morgan fingerprint density at radius 3 is 2.36 bits per heavy atom. The van der Waals surface area contributed by atoms with Gasteiger partial charge in [0.1, 0.15) is 0 Å². The van der Waals surface area contributed by atoms with Crippen LogP contribution in [0.5, 0.6) is 0 Å². The SMILES string of the molecule is CC(C)n1c2ccccc2c2cc(NC(=O)CCN3CCC(c4ccccc4)CC3)ccc21. The highest BCUT2D eigenvalue weighted by atomic mass is 16.1. The van der Waals surface area contributed by atoms with Gasteiger partial charge in [0.05, 0.1) is 0 Å². The monoisotopic (exact) mass is 439 g/mol. The standard InChI is InChI=1S/C29H33N3O/c1-21(2)32-27-11-7-6-10-25(27)26-20-24(12-13-28(26)32)30-29(33)16-19-31-17-14-23(15-18-31)22-8-4-3-5-9-22/h3-13,20-21,23H,14-19H2,1-2H3,(H,30,33). The van der Waals surface area contributed by atoms with Gasteiger partial charge in [0.2, 0.25) is 5.91 Å².